The highest BCUT2D eigenvalue weighted by atomic mass is 79.9. The molecule has 0 aliphatic carbocycles. The van der Waals surface area contributed by atoms with Gasteiger partial charge in [-0.2, -0.15) is 0 Å². The number of piperidine rings is 1. The topological polar surface area (TPSA) is 42.4 Å². The van der Waals surface area contributed by atoms with Crippen molar-refractivity contribution in [3.8, 4) is 0 Å². The van der Waals surface area contributed by atoms with Crippen molar-refractivity contribution in [1.82, 2.24) is 9.88 Å². The third-order valence-electron chi connectivity index (χ3n) is 3.01. The average Bonchev–Trinajstić information content (AvgIpc) is 2.75. The number of nitrogens with zero attached hydrogens (tertiary/aromatic N) is 2. The lowest BCUT2D eigenvalue weighted by molar-refractivity contribution is -0.150. The Morgan fingerprint density at radius 1 is 1.72 bits per heavy atom. The summed E-state index contributed by atoms with van der Waals surface area (Å²) in [6, 6.07) is 0. The highest BCUT2D eigenvalue weighted by Crippen LogP contribution is 2.23. The van der Waals surface area contributed by atoms with Gasteiger partial charge < -0.3 is 4.74 Å². The number of thiazole rings is 1. The summed E-state index contributed by atoms with van der Waals surface area (Å²) < 4.78 is 6.15. The molecule has 100 valence electrons. The van der Waals surface area contributed by atoms with Crippen molar-refractivity contribution >= 4 is 33.2 Å². The Kier molecular flexibility index (Phi) is 5.14. The smallest absolute Gasteiger partial charge is 0.310 e. The minimum atomic E-state index is -0.0532. The first-order valence-corrected chi connectivity index (χ1v) is 7.79. The van der Waals surface area contributed by atoms with Gasteiger partial charge in [0.25, 0.3) is 0 Å². The van der Waals surface area contributed by atoms with Crippen LogP contribution in [-0.2, 0) is 16.1 Å². The molecule has 0 radical (unpaired) electrons. The van der Waals surface area contributed by atoms with Crippen molar-refractivity contribution in [2.75, 3.05) is 19.7 Å². The number of carbonyl (C=O) groups excluding carboxylic acids is 1. The van der Waals surface area contributed by atoms with Gasteiger partial charge >= 0.3 is 5.97 Å². The van der Waals surface area contributed by atoms with E-state index in [4.69, 9.17) is 4.74 Å². The fourth-order valence-corrected chi connectivity index (χ4v) is 3.55. The molecule has 0 spiro atoms. The highest BCUT2D eigenvalue weighted by Gasteiger charge is 2.27. The minimum absolute atomic E-state index is 0.0297. The molecule has 1 atom stereocenters. The molecule has 0 saturated carbocycles. The molecule has 1 aromatic heterocycles. The first-order chi connectivity index (χ1) is 8.69. The molecule has 1 aliphatic rings. The summed E-state index contributed by atoms with van der Waals surface area (Å²) in [7, 11) is 0. The monoisotopic (exact) mass is 332 g/mol. The molecule has 1 aromatic rings. The highest BCUT2D eigenvalue weighted by molar-refractivity contribution is 9.11. The Hall–Kier alpha value is -0.460. The van der Waals surface area contributed by atoms with E-state index in [1.54, 1.807) is 11.3 Å². The van der Waals surface area contributed by atoms with Gasteiger partial charge in [-0.05, 0) is 42.2 Å². The van der Waals surface area contributed by atoms with Gasteiger partial charge in [-0.1, -0.05) is 0 Å². The van der Waals surface area contributed by atoms with Gasteiger partial charge in [0.1, 0.15) is 5.01 Å². The zero-order valence-electron chi connectivity index (χ0n) is 10.4. The van der Waals surface area contributed by atoms with Crippen LogP contribution < -0.4 is 0 Å². The zero-order chi connectivity index (χ0) is 13.0. The average molecular weight is 333 g/mol. The maximum atomic E-state index is 11.7. The Bertz CT molecular complexity index is 411. The van der Waals surface area contributed by atoms with Crippen molar-refractivity contribution in [3.63, 3.8) is 0 Å². The maximum absolute atomic E-state index is 11.7. The molecule has 0 amide bonds. The van der Waals surface area contributed by atoms with Crippen molar-refractivity contribution in [2.24, 2.45) is 5.92 Å². The third-order valence-corrected chi connectivity index (χ3v) is 4.47. The molecule has 2 rings (SSSR count). The molecule has 2 heterocycles. The lowest BCUT2D eigenvalue weighted by Gasteiger charge is -2.30. The van der Waals surface area contributed by atoms with Crippen molar-refractivity contribution in [2.45, 2.75) is 26.3 Å². The van der Waals surface area contributed by atoms with Crippen LogP contribution in [0.4, 0.5) is 0 Å². The van der Waals surface area contributed by atoms with Crippen LogP contribution in [0.3, 0.4) is 0 Å². The van der Waals surface area contributed by atoms with E-state index < -0.39 is 0 Å². The summed E-state index contributed by atoms with van der Waals surface area (Å²) >= 11 is 5.06. The van der Waals surface area contributed by atoms with E-state index in [9.17, 15) is 4.79 Å². The second kappa shape index (κ2) is 6.63. The van der Waals surface area contributed by atoms with Crippen LogP contribution in [0.25, 0.3) is 0 Å². The van der Waals surface area contributed by atoms with Crippen LogP contribution in [0, 0.1) is 5.92 Å². The van der Waals surface area contributed by atoms with E-state index in [-0.39, 0.29) is 11.9 Å². The Labute approximate surface area is 119 Å². The Morgan fingerprint density at radius 2 is 2.56 bits per heavy atom. The van der Waals surface area contributed by atoms with E-state index in [1.165, 1.54) is 0 Å². The van der Waals surface area contributed by atoms with E-state index in [0.29, 0.717) is 6.61 Å². The number of esters is 1. The predicted molar refractivity (Wildman–Crippen MR) is 74.4 cm³/mol. The first-order valence-electron chi connectivity index (χ1n) is 6.18. The van der Waals surface area contributed by atoms with Gasteiger partial charge in [-0.15, -0.1) is 11.3 Å². The minimum Gasteiger partial charge on any atom is -0.466 e. The lowest BCUT2D eigenvalue weighted by atomic mass is 9.98. The summed E-state index contributed by atoms with van der Waals surface area (Å²) in [6.45, 7) is 4.97. The molecular formula is C12H17BrN2O2S. The largest absolute Gasteiger partial charge is 0.466 e. The van der Waals surface area contributed by atoms with Crippen molar-refractivity contribution in [3.05, 3.63) is 15.0 Å². The third kappa shape index (κ3) is 3.76. The SMILES string of the molecule is CCOC(=O)[C@H]1CCCN(Cc2ncc(Br)s2)C1. The molecule has 0 unspecified atom stereocenters. The van der Waals surface area contributed by atoms with Crippen molar-refractivity contribution in [1.29, 1.82) is 0 Å². The summed E-state index contributed by atoms with van der Waals surface area (Å²) in [4.78, 5) is 18.3. The molecule has 1 aliphatic heterocycles. The van der Waals surface area contributed by atoms with Gasteiger partial charge in [0, 0.05) is 6.54 Å². The number of ether oxygens (including phenoxy) is 1. The molecule has 0 bridgehead atoms. The lowest BCUT2D eigenvalue weighted by Crippen LogP contribution is -2.38. The van der Waals surface area contributed by atoms with Crippen LogP contribution in [0.1, 0.15) is 24.8 Å². The fraction of sp³-hybridized carbons (Fsp3) is 0.667. The number of hydrogen-bond acceptors (Lipinski definition) is 5. The predicted octanol–water partition coefficient (Wildman–Crippen LogP) is 2.68. The quantitative estimate of drug-likeness (QED) is 0.795. The second-order valence-corrected chi connectivity index (χ2v) is 6.88. The number of hydrogen-bond donors (Lipinski definition) is 0. The zero-order valence-corrected chi connectivity index (χ0v) is 12.8. The number of aromatic nitrogens is 1. The van der Waals surface area contributed by atoms with Gasteiger partial charge in [-0.3, -0.25) is 9.69 Å². The van der Waals surface area contributed by atoms with Crippen LogP contribution in [-0.4, -0.2) is 35.5 Å². The van der Waals surface area contributed by atoms with E-state index in [2.05, 4.69) is 25.8 Å². The second-order valence-electron chi connectivity index (χ2n) is 4.38. The molecule has 0 N–H and O–H groups in total. The van der Waals surface area contributed by atoms with Crippen molar-refractivity contribution < 1.29 is 9.53 Å². The first kappa shape index (κ1) is 14.0. The summed E-state index contributed by atoms with van der Waals surface area (Å²) in [6.07, 6.45) is 3.82. The number of halogens is 1. The van der Waals surface area contributed by atoms with E-state index >= 15 is 0 Å². The van der Waals surface area contributed by atoms with Gasteiger partial charge in [0.15, 0.2) is 0 Å². The molecule has 1 saturated heterocycles. The summed E-state index contributed by atoms with van der Waals surface area (Å²) in [5, 5.41) is 1.09. The van der Waals surface area contributed by atoms with Crippen LogP contribution >= 0.6 is 27.3 Å². The standard InChI is InChI=1S/C12H17BrN2O2S/c1-2-17-12(16)9-4-3-5-15(7-9)8-11-14-6-10(13)18-11/h6,9H,2-5,7-8H2,1H3/t9-/m0/s1. The van der Waals surface area contributed by atoms with Gasteiger partial charge in [0.05, 0.1) is 29.1 Å². The molecule has 4 nitrogen and oxygen atoms in total. The van der Waals surface area contributed by atoms with E-state index in [1.807, 2.05) is 13.1 Å². The van der Waals surface area contributed by atoms with Gasteiger partial charge in [0.2, 0.25) is 0 Å². The molecule has 1 fully saturated rings. The molecule has 6 heteroatoms. The number of carbonyl (C=O) groups is 1. The summed E-state index contributed by atoms with van der Waals surface area (Å²) in [5.41, 5.74) is 0. The maximum Gasteiger partial charge on any atom is 0.310 e. The fourth-order valence-electron chi connectivity index (χ4n) is 2.20. The normalized spacial score (nSPS) is 20.9. The molecular weight excluding hydrogens is 316 g/mol. The van der Waals surface area contributed by atoms with Crippen LogP contribution in [0.15, 0.2) is 9.98 Å². The molecule has 0 aromatic carbocycles. The summed E-state index contributed by atoms with van der Waals surface area (Å²) in [5.74, 6) is -0.0235. The Balaban J connectivity index is 1.88. The number of rotatable bonds is 4. The van der Waals surface area contributed by atoms with Gasteiger partial charge in [-0.25, -0.2) is 4.98 Å². The Morgan fingerprint density at radius 3 is 3.22 bits per heavy atom. The van der Waals surface area contributed by atoms with Crippen LogP contribution in [0.5, 0.6) is 0 Å². The number of likely N-dealkylation sites (tertiary alicyclic amines) is 1. The van der Waals surface area contributed by atoms with E-state index in [0.717, 1.165) is 41.3 Å². The molecule has 18 heavy (non-hydrogen) atoms. The van der Waals surface area contributed by atoms with Crippen LogP contribution in [0.2, 0.25) is 0 Å².